The van der Waals surface area contributed by atoms with E-state index in [0.717, 1.165) is 73.5 Å². The molecule has 23 nitrogen and oxygen atoms in total. The van der Waals surface area contributed by atoms with Gasteiger partial charge in [-0.1, -0.05) is 0 Å². The number of carbonyl (C=O) groups is 9. The van der Waals surface area contributed by atoms with E-state index in [-0.39, 0.29) is 28.8 Å². The number of aromatic nitrogens is 1. The first-order chi connectivity index (χ1) is 32.4. The van der Waals surface area contributed by atoms with E-state index < -0.39 is 144 Å². The van der Waals surface area contributed by atoms with E-state index in [0.29, 0.717) is 0 Å². The van der Waals surface area contributed by atoms with E-state index >= 15 is 4.79 Å². The van der Waals surface area contributed by atoms with E-state index in [9.17, 15) is 43.5 Å². The largest absolute Gasteiger partial charge is 0.472 e. The number of aryl methyl sites for hydroxylation is 1. The van der Waals surface area contributed by atoms with E-state index in [4.69, 9.17) is 56.2 Å². The van der Waals surface area contributed by atoms with Crippen molar-refractivity contribution in [2.24, 2.45) is 11.3 Å². The van der Waals surface area contributed by atoms with E-state index in [1.54, 1.807) is 0 Å². The van der Waals surface area contributed by atoms with Gasteiger partial charge in [0.05, 0.1) is 40.8 Å². The molecule has 1 spiro atoms. The third-order valence-corrected chi connectivity index (χ3v) is 13.0. The summed E-state index contributed by atoms with van der Waals surface area (Å²) in [6.07, 6.45) is -8.39. The average Bonchev–Trinajstić information content (AvgIpc) is 4.05. The summed E-state index contributed by atoms with van der Waals surface area (Å²) in [5.74, 6) is -12.0. The summed E-state index contributed by atoms with van der Waals surface area (Å²) in [5, 5.41) is 13.9. The highest BCUT2D eigenvalue weighted by Gasteiger charge is 2.92. The van der Waals surface area contributed by atoms with Gasteiger partial charge in [0.25, 0.3) is 0 Å². The molecule has 12 atom stereocenters. The number of furan rings is 2. The highest BCUT2D eigenvalue weighted by atomic mass is 16.7. The van der Waals surface area contributed by atoms with Crippen LogP contribution < -0.4 is 0 Å². The van der Waals surface area contributed by atoms with Crippen LogP contribution in [0.4, 0.5) is 0 Å². The summed E-state index contributed by atoms with van der Waals surface area (Å²) < 4.78 is 71.4. The van der Waals surface area contributed by atoms with E-state index in [1.807, 2.05) is 0 Å². The number of hydrogen-bond donors (Lipinski definition) is 1. The first-order valence-corrected chi connectivity index (χ1v) is 21.5. The second kappa shape index (κ2) is 18.4. The van der Waals surface area contributed by atoms with Gasteiger partial charge < -0.3 is 61.3 Å². The highest BCUT2D eigenvalue weighted by Crippen LogP contribution is 2.70. The first kappa shape index (κ1) is 49.8. The zero-order valence-electron chi connectivity index (χ0n) is 38.5. The van der Waals surface area contributed by atoms with Crippen molar-refractivity contribution in [2.75, 3.05) is 13.2 Å². The van der Waals surface area contributed by atoms with Crippen molar-refractivity contribution < 1.29 is 104 Å². The van der Waals surface area contributed by atoms with Gasteiger partial charge in [0, 0.05) is 47.2 Å². The van der Waals surface area contributed by atoms with Crippen LogP contribution in [-0.2, 0) is 82.6 Å². The van der Waals surface area contributed by atoms with Crippen LogP contribution in [0.15, 0.2) is 64.3 Å². The van der Waals surface area contributed by atoms with Crippen LogP contribution in [0, 0.1) is 11.3 Å². The Balaban J connectivity index is 1.61. The van der Waals surface area contributed by atoms with Crippen LogP contribution in [0.2, 0.25) is 0 Å². The Bertz CT molecular complexity index is 2530. The van der Waals surface area contributed by atoms with Gasteiger partial charge in [0.1, 0.15) is 54.6 Å². The molecular formula is C46H49NO22. The van der Waals surface area contributed by atoms with Gasteiger partial charge >= 0.3 is 53.7 Å². The Morgan fingerprint density at radius 3 is 1.88 bits per heavy atom. The van der Waals surface area contributed by atoms with Crippen LogP contribution in [0.25, 0.3) is 0 Å². The molecule has 0 radical (unpaired) electrons. The summed E-state index contributed by atoms with van der Waals surface area (Å²) in [4.78, 5) is 129. The minimum atomic E-state index is -3.08. The molecule has 4 bridgehead atoms. The molecule has 0 aromatic carbocycles. The van der Waals surface area contributed by atoms with Gasteiger partial charge in [-0.3, -0.25) is 29.0 Å². The predicted molar refractivity (Wildman–Crippen MR) is 221 cm³/mol. The lowest BCUT2D eigenvalue weighted by molar-refractivity contribution is -0.386. The molecule has 1 saturated heterocycles. The lowest BCUT2D eigenvalue weighted by atomic mass is 9.45. The molecule has 0 amide bonds. The average molecular weight is 968 g/mol. The Labute approximate surface area is 392 Å². The molecule has 1 N–H and O–H groups in total. The fourth-order valence-electron chi connectivity index (χ4n) is 10.3. The summed E-state index contributed by atoms with van der Waals surface area (Å²) in [5.41, 5.74) is -14.0. The Kier molecular flexibility index (Phi) is 13.3. The Hall–Kier alpha value is -7.14. The van der Waals surface area contributed by atoms with Gasteiger partial charge in [-0.2, -0.15) is 0 Å². The van der Waals surface area contributed by atoms with Crippen molar-refractivity contribution >= 4 is 53.7 Å². The van der Waals surface area contributed by atoms with Crippen molar-refractivity contribution in [3.63, 3.8) is 0 Å². The second-order valence-electron chi connectivity index (χ2n) is 17.7. The fraction of sp³-hybridized carbons (Fsp3) is 0.522. The smallest absolute Gasteiger partial charge is 0.350 e. The molecule has 0 unspecified atom stereocenters. The van der Waals surface area contributed by atoms with Crippen molar-refractivity contribution in [2.45, 2.75) is 127 Å². The summed E-state index contributed by atoms with van der Waals surface area (Å²) in [6.45, 7) is 6.17. The van der Waals surface area contributed by atoms with Gasteiger partial charge in [0.15, 0.2) is 30.0 Å². The zero-order valence-corrected chi connectivity index (χ0v) is 38.5. The minimum absolute atomic E-state index is 0.0315. The van der Waals surface area contributed by atoms with E-state index in [1.165, 1.54) is 37.4 Å². The minimum Gasteiger partial charge on any atom is -0.472 e. The summed E-state index contributed by atoms with van der Waals surface area (Å²) in [7, 11) is 0. The van der Waals surface area contributed by atoms with Gasteiger partial charge in [-0.25, -0.2) is 19.2 Å². The maximum atomic E-state index is 15.3. The molecule has 69 heavy (non-hydrogen) atoms. The number of carbonyl (C=O) groups excluding carboxylic acids is 9. The maximum absolute atomic E-state index is 15.3. The van der Waals surface area contributed by atoms with Gasteiger partial charge in [-0.15, -0.1) is 0 Å². The second-order valence-corrected chi connectivity index (χ2v) is 17.7. The number of pyridine rings is 1. The van der Waals surface area contributed by atoms with Crippen molar-refractivity contribution in [1.82, 2.24) is 4.98 Å². The monoisotopic (exact) mass is 967 g/mol. The highest BCUT2D eigenvalue weighted by molar-refractivity contribution is 5.93. The van der Waals surface area contributed by atoms with Crippen molar-refractivity contribution in [1.29, 1.82) is 0 Å². The Morgan fingerprint density at radius 1 is 0.739 bits per heavy atom. The molecule has 3 aromatic heterocycles. The number of fused-ring (bicyclic) bond motifs is 5. The summed E-state index contributed by atoms with van der Waals surface area (Å²) >= 11 is 0. The molecule has 370 valence electrons. The lowest BCUT2D eigenvalue weighted by Gasteiger charge is -2.67. The number of rotatable bonds is 10. The number of aliphatic hydroxyl groups is 1. The predicted octanol–water partition coefficient (Wildman–Crippen LogP) is 2.32. The molecule has 23 heteroatoms. The van der Waals surface area contributed by atoms with Crippen molar-refractivity contribution in [3.05, 3.63) is 77.9 Å². The number of nitrogens with zero attached hydrogens (tertiary/aromatic N) is 1. The summed E-state index contributed by atoms with van der Waals surface area (Å²) in [6, 6.07) is 5.19. The van der Waals surface area contributed by atoms with Crippen LogP contribution in [0.3, 0.4) is 0 Å². The normalized spacial score (nSPS) is 33.7. The fourth-order valence-corrected chi connectivity index (χ4v) is 10.3. The molecule has 4 aliphatic rings. The topological polar surface area (TPSA) is 305 Å². The van der Waals surface area contributed by atoms with Crippen LogP contribution in [0.5, 0.6) is 0 Å². The molecule has 2 aliphatic heterocycles. The standard InChI is InChI=1S/C46H49NO22/c1-22(48)60-21-45-36(64-25(4)51)32(62-23(2)49)31-34(63-24(3)50)46(45)44(8,57)35(33(37(45)65-26(5)52)66-38(53)27-12-16-58-18-27)67-41(56)42(6,68-39(54)28-13-17-59-19-28)14-11-30-29(10-9-15-47-30)40(55)61-20-43(31,7)69-46/h9-10,12-13,15-19,31-37,57H,11,14,20-21H2,1-8H3/t31-,32-,33+,34-,35+,36-,37+,42-,43+,44+,45-,46+/m1/s1. The third kappa shape index (κ3) is 8.57. The van der Waals surface area contributed by atoms with Crippen LogP contribution in [-0.4, -0.2) is 136 Å². The number of ether oxygens (including phenoxy) is 10. The number of cyclic esters (lactones) is 1. The molecule has 7 rings (SSSR count). The quantitative estimate of drug-likeness (QED) is 0.225. The first-order valence-electron chi connectivity index (χ1n) is 21.5. The Morgan fingerprint density at radius 2 is 1.32 bits per heavy atom. The molecule has 2 aliphatic carbocycles. The number of esters is 9. The SMILES string of the molecule is CC(=O)OC[C@]12[C@H](OC(C)=O)[C@H](OC(C)=O)[C@@H]3[C@@H](OC(C)=O)[C@@]14O[C@@]3(C)COC(=O)c1cccnc1CC[C@@](C)(OC(=O)c1ccoc1)C(=O)O[C@@H]([C@H](OC(=O)c1ccoc1)[C@@H]2OC(C)=O)[C@]4(C)O. The molecule has 5 heterocycles. The zero-order chi connectivity index (χ0) is 50.4. The lowest BCUT2D eigenvalue weighted by Crippen LogP contribution is -2.89. The third-order valence-electron chi connectivity index (χ3n) is 13.0. The molecule has 2 saturated carbocycles. The van der Waals surface area contributed by atoms with Crippen LogP contribution in [0.1, 0.15) is 98.6 Å². The molecule has 3 fully saturated rings. The molecule has 3 aromatic rings. The number of hydrogen-bond acceptors (Lipinski definition) is 23. The van der Waals surface area contributed by atoms with Gasteiger partial charge in [-0.05, 0) is 51.5 Å². The van der Waals surface area contributed by atoms with Gasteiger partial charge in [0.2, 0.25) is 5.60 Å². The van der Waals surface area contributed by atoms with Crippen molar-refractivity contribution in [3.8, 4) is 0 Å². The van der Waals surface area contributed by atoms with Crippen LogP contribution >= 0.6 is 0 Å². The molecular weight excluding hydrogens is 918 g/mol. The maximum Gasteiger partial charge on any atom is 0.350 e. The van der Waals surface area contributed by atoms with E-state index in [2.05, 4.69) is 4.98 Å².